The van der Waals surface area contributed by atoms with Crippen molar-refractivity contribution in [3.8, 4) is 0 Å². The Labute approximate surface area is 353 Å². The van der Waals surface area contributed by atoms with Gasteiger partial charge in [-0.3, -0.25) is 18.6 Å². The molecular weight excluding hydrogens is 753 g/mol. The first kappa shape index (κ1) is 55.7. The molecule has 0 aliphatic carbocycles. The van der Waals surface area contributed by atoms with Gasteiger partial charge in [-0.2, -0.15) is 0 Å². The van der Waals surface area contributed by atoms with Crippen LogP contribution in [-0.2, 0) is 32.7 Å². The molecule has 11 heteroatoms. The van der Waals surface area contributed by atoms with Crippen molar-refractivity contribution < 1.29 is 42.7 Å². The number of aliphatic hydroxyl groups excluding tert-OH is 1. The molecule has 336 valence electrons. The van der Waals surface area contributed by atoms with E-state index in [1.165, 1.54) is 83.5 Å². The molecule has 4 N–H and O–H groups in total. The molecule has 0 heterocycles. The molecule has 0 aromatic carbocycles. The van der Waals surface area contributed by atoms with Gasteiger partial charge in [-0.1, -0.05) is 158 Å². The zero-order valence-corrected chi connectivity index (χ0v) is 37.5. The molecule has 0 aliphatic rings. The Morgan fingerprint density at radius 3 is 1.64 bits per heavy atom. The summed E-state index contributed by atoms with van der Waals surface area (Å²) in [6, 6.07) is 0. The lowest BCUT2D eigenvalue weighted by atomic mass is 10.1. The predicted octanol–water partition coefficient (Wildman–Crippen LogP) is 12.2. The summed E-state index contributed by atoms with van der Waals surface area (Å²) >= 11 is 0. The van der Waals surface area contributed by atoms with E-state index < -0.39 is 32.5 Å². The molecule has 0 rings (SSSR count). The highest BCUT2D eigenvalue weighted by molar-refractivity contribution is 7.47. The lowest BCUT2D eigenvalue weighted by molar-refractivity contribution is -0.161. The van der Waals surface area contributed by atoms with Crippen LogP contribution in [0.4, 0.5) is 0 Å². The minimum atomic E-state index is -4.40. The maximum Gasteiger partial charge on any atom is 0.472 e. The monoisotopic (exact) mass is 838 g/mol. The summed E-state index contributed by atoms with van der Waals surface area (Å²) in [5, 5.41) is 9.73. The fraction of sp³-hybridized carbons (Fsp3) is 0.745. The number of rotatable bonds is 42. The Kier molecular flexibility index (Phi) is 41.1. The zero-order valence-electron chi connectivity index (χ0n) is 36.6. The summed E-state index contributed by atoms with van der Waals surface area (Å²) < 4.78 is 32.7. The van der Waals surface area contributed by atoms with Crippen molar-refractivity contribution in [2.75, 3.05) is 26.4 Å². The minimum Gasteiger partial charge on any atom is -0.462 e. The quantitative estimate of drug-likeness (QED) is 0.0234. The Morgan fingerprint density at radius 1 is 0.586 bits per heavy atom. The molecular formula is C47H84NO9P. The number of ether oxygens (including phenoxy) is 2. The van der Waals surface area contributed by atoms with Gasteiger partial charge in [0.15, 0.2) is 6.10 Å². The molecule has 58 heavy (non-hydrogen) atoms. The molecule has 0 fully saturated rings. The second-order valence-electron chi connectivity index (χ2n) is 15.1. The van der Waals surface area contributed by atoms with E-state index in [-0.39, 0.29) is 38.7 Å². The first-order chi connectivity index (χ1) is 28.2. The first-order valence-corrected chi connectivity index (χ1v) is 24.3. The zero-order chi connectivity index (χ0) is 42.6. The minimum absolute atomic E-state index is 0.0361. The van der Waals surface area contributed by atoms with Crippen LogP contribution < -0.4 is 5.73 Å². The first-order valence-electron chi connectivity index (χ1n) is 22.8. The molecule has 0 saturated heterocycles. The van der Waals surface area contributed by atoms with Gasteiger partial charge < -0.3 is 25.2 Å². The number of hydrogen-bond acceptors (Lipinski definition) is 9. The van der Waals surface area contributed by atoms with Crippen LogP contribution in [0.25, 0.3) is 0 Å². The number of allylic oxidation sites excluding steroid dienone is 9. The van der Waals surface area contributed by atoms with Gasteiger partial charge in [-0.15, -0.1) is 0 Å². The van der Waals surface area contributed by atoms with Crippen LogP contribution in [0.3, 0.4) is 0 Å². The molecule has 0 aromatic heterocycles. The normalized spacial score (nSPS) is 14.4. The van der Waals surface area contributed by atoms with Gasteiger partial charge in [-0.05, 0) is 77.0 Å². The maximum atomic E-state index is 12.6. The van der Waals surface area contributed by atoms with E-state index in [2.05, 4.69) is 56.4 Å². The summed E-state index contributed by atoms with van der Waals surface area (Å²) in [4.78, 5) is 34.9. The molecule has 0 aliphatic heterocycles. The third kappa shape index (κ3) is 41.8. The van der Waals surface area contributed by atoms with E-state index in [9.17, 15) is 24.2 Å². The second kappa shape index (κ2) is 42.8. The Balaban J connectivity index is 4.23. The van der Waals surface area contributed by atoms with Gasteiger partial charge in [0.25, 0.3) is 0 Å². The van der Waals surface area contributed by atoms with Gasteiger partial charge in [-0.25, -0.2) is 4.57 Å². The van der Waals surface area contributed by atoms with Gasteiger partial charge in [0.1, 0.15) is 6.61 Å². The Hall–Kier alpha value is -2.33. The molecule has 10 nitrogen and oxygen atoms in total. The molecule has 3 atom stereocenters. The largest absolute Gasteiger partial charge is 0.472 e. The third-order valence-electron chi connectivity index (χ3n) is 9.43. The van der Waals surface area contributed by atoms with Crippen LogP contribution in [-0.4, -0.2) is 60.5 Å². The van der Waals surface area contributed by atoms with Crippen molar-refractivity contribution in [3.63, 3.8) is 0 Å². The average Bonchev–Trinajstić information content (AvgIpc) is 3.20. The molecule has 0 amide bonds. The molecule has 0 spiro atoms. The molecule has 0 radical (unpaired) electrons. The van der Waals surface area contributed by atoms with Crippen molar-refractivity contribution in [2.24, 2.45) is 5.73 Å². The number of phosphoric ester groups is 1. The summed E-state index contributed by atoms with van der Waals surface area (Å²) in [6.07, 6.45) is 47.5. The van der Waals surface area contributed by atoms with Crippen molar-refractivity contribution in [2.45, 2.75) is 199 Å². The van der Waals surface area contributed by atoms with E-state index in [4.69, 9.17) is 24.3 Å². The number of phosphoric acid groups is 1. The third-order valence-corrected chi connectivity index (χ3v) is 10.4. The number of hydrogen-bond donors (Lipinski definition) is 3. The van der Waals surface area contributed by atoms with Gasteiger partial charge in [0, 0.05) is 19.4 Å². The summed E-state index contributed by atoms with van der Waals surface area (Å²) in [5.74, 6) is -0.918. The lowest BCUT2D eigenvalue weighted by Crippen LogP contribution is -2.29. The van der Waals surface area contributed by atoms with Crippen molar-refractivity contribution in [1.82, 2.24) is 0 Å². The molecule has 0 saturated carbocycles. The van der Waals surface area contributed by atoms with Crippen LogP contribution >= 0.6 is 7.82 Å². The SMILES string of the molecule is CCCCCCCC/C=C\CCCCCCCCCCCC(=O)OC[C@H](COP(=O)(O)OCCN)OC(=O)CCC/C=C\C/C=C\C/C=C\C/C=C\CC(O)CCC. The van der Waals surface area contributed by atoms with E-state index in [1.54, 1.807) is 0 Å². The van der Waals surface area contributed by atoms with Gasteiger partial charge >= 0.3 is 19.8 Å². The Bertz CT molecular complexity index is 1150. The van der Waals surface area contributed by atoms with Crippen molar-refractivity contribution in [3.05, 3.63) is 60.8 Å². The fourth-order valence-corrected chi connectivity index (χ4v) is 6.81. The number of carbonyl (C=O) groups excluding carboxylic acids is 2. The van der Waals surface area contributed by atoms with Crippen LogP contribution in [0.5, 0.6) is 0 Å². The van der Waals surface area contributed by atoms with Crippen LogP contribution in [0, 0.1) is 0 Å². The van der Waals surface area contributed by atoms with E-state index in [0.29, 0.717) is 25.7 Å². The van der Waals surface area contributed by atoms with Crippen LogP contribution in [0.1, 0.15) is 187 Å². The Morgan fingerprint density at radius 2 is 1.07 bits per heavy atom. The molecule has 0 aromatic rings. The average molecular weight is 838 g/mol. The lowest BCUT2D eigenvalue weighted by Gasteiger charge is -2.19. The summed E-state index contributed by atoms with van der Waals surface area (Å²) in [6.45, 7) is 3.45. The van der Waals surface area contributed by atoms with Crippen LogP contribution in [0.15, 0.2) is 60.8 Å². The highest BCUT2D eigenvalue weighted by atomic mass is 31.2. The van der Waals surface area contributed by atoms with Gasteiger partial charge in [0.2, 0.25) is 0 Å². The van der Waals surface area contributed by atoms with Crippen molar-refractivity contribution in [1.29, 1.82) is 0 Å². The number of nitrogens with two attached hydrogens (primary N) is 1. The highest BCUT2D eigenvalue weighted by Gasteiger charge is 2.26. The fourth-order valence-electron chi connectivity index (χ4n) is 6.05. The number of aliphatic hydroxyl groups is 1. The van der Waals surface area contributed by atoms with Crippen molar-refractivity contribution >= 4 is 19.8 Å². The standard InChI is InChI=1S/C47H84NO9P/c1-3-5-6-7-8-9-10-11-12-13-14-15-16-19-22-25-28-31-34-38-46(50)54-42-45(43-56-58(52,53)55-41-40-48)57-47(51)39-35-32-29-26-23-20-17-18-21-24-27-30-33-37-44(49)36-4-2/h11-12,17,20-21,24,26,29-30,33,44-45,49H,3-10,13-16,18-19,22-23,25,27-28,31-32,34-43,48H2,1-2H3,(H,52,53)/b12-11-,20-17-,24-21-,29-26-,33-30-/t44?,45-/m1/s1. The number of carbonyl (C=O) groups is 2. The highest BCUT2D eigenvalue weighted by Crippen LogP contribution is 2.43. The summed E-state index contributed by atoms with van der Waals surface area (Å²) in [5.41, 5.74) is 5.34. The topological polar surface area (TPSA) is 155 Å². The predicted molar refractivity (Wildman–Crippen MR) is 239 cm³/mol. The number of esters is 2. The van der Waals surface area contributed by atoms with E-state index in [0.717, 1.165) is 51.4 Å². The van der Waals surface area contributed by atoms with E-state index in [1.807, 2.05) is 18.2 Å². The second-order valence-corrected chi connectivity index (χ2v) is 16.5. The molecule has 2 unspecified atom stereocenters. The molecule has 0 bridgehead atoms. The maximum absolute atomic E-state index is 12.6. The van der Waals surface area contributed by atoms with Gasteiger partial charge in [0.05, 0.1) is 19.3 Å². The smallest absolute Gasteiger partial charge is 0.462 e. The number of unbranched alkanes of at least 4 members (excludes halogenated alkanes) is 16. The van der Waals surface area contributed by atoms with Crippen LogP contribution in [0.2, 0.25) is 0 Å². The van der Waals surface area contributed by atoms with E-state index >= 15 is 0 Å². The summed E-state index contributed by atoms with van der Waals surface area (Å²) in [7, 11) is -4.40.